The molecule has 31 heavy (non-hydrogen) atoms. The van der Waals surface area contributed by atoms with Crippen LogP contribution in [0, 0.1) is 18.8 Å². The van der Waals surface area contributed by atoms with Crippen molar-refractivity contribution >= 4 is 17.5 Å². The Labute approximate surface area is 195 Å². The fourth-order valence-corrected chi connectivity index (χ4v) is 5.60. The number of fused-ring (bicyclic) bond motifs is 2. The minimum atomic E-state index is -0.00858. The summed E-state index contributed by atoms with van der Waals surface area (Å²) in [6.07, 6.45) is 12.4. The summed E-state index contributed by atoms with van der Waals surface area (Å²) in [5.74, 6) is 0.874. The van der Waals surface area contributed by atoms with Gasteiger partial charge in [0.05, 0.1) is 10.6 Å². The van der Waals surface area contributed by atoms with Gasteiger partial charge in [0.1, 0.15) is 0 Å². The number of halogens is 1. The first-order valence-corrected chi connectivity index (χ1v) is 12.3. The quantitative estimate of drug-likeness (QED) is 0.456. The number of hydrogen-bond acceptors (Lipinski definition) is 3. The summed E-state index contributed by atoms with van der Waals surface area (Å²) >= 11 is 6.38. The molecule has 2 N–H and O–H groups in total. The fraction of sp³-hybridized carbons (Fsp3) is 0.692. The fourth-order valence-electron chi connectivity index (χ4n) is 5.40. The van der Waals surface area contributed by atoms with Gasteiger partial charge in [-0.3, -0.25) is 4.79 Å². The van der Waals surface area contributed by atoms with E-state index < -0.39 is 0 Å². The van der Waals surface area contributed by atoms with E-state index in [1.807, 2.05) is 12.1 Å². The van der Waals surface area contributed by atoms with E-state index in [2.05, 4.69) is 35.7 Å². The summed E-state index contributed by atoms with van der Waals surface area (Å²) < 4.78 is 0. The van der Waals surface area contributed by atoms with Crippen molar-refractivity contribution < 1.29 is 4.79 Å². The number of nitrogens with one attached hydrogen (secondary N) is 2. The Morgan fingerprint density at radius 2 is 1.87 bits per heavy atom. The van der Waals surface area contributed by atoms with Crippen LogP contribution >= 0.6 is 11.6 Å². The predicted molar refractivity (Wildman–Crippen MR) is 132 cm³/mol. The van der Waals surface area contributed by atoms with Gasteiger partial charge >= 0.3 is 0 Å². The van der Waals surface area contributed by atoms with Crippen LogP contribution < -0.4 is 10.6 Å². The maximum atomic E-state index is 12.9. The van der Waals surface area contributed by atoms with E-state index in [0.717, 1.165) is 44.9 Å². The van der Waals surface area contributed by atoms with E-state index in [9.17, 15) is 4.79 Å². The highest BCUT2D eigenvalue weighted by Gasteiger charge is 2.39. The Kier molecular flexibility index (Phi) is 10.8. The Morgan fingerprint density at radius 1 is 1.16 bits per heavy atom. The minimum absolute atomic E-state index is 0. The lowest BCUT2D eigenvalue weighted by molar-refractivity contribution is 0.0682. The molecule has 2 saturated carbocycles. The van der Waals surface area contributed by atoms with Gasteiger partial charge in [0.15, 0.2) is 0 Å². The van der Waals surface area contributed by atoms with Crippen LogP contribution in [0.1, 0.15) is 73.7 Å². The summed E-state index contributed by atoms with van der Waals surface area (Å²) in [7, 11) is 4.21. The number of amides is 1. The maximum Gasteiger partial charge on any atom is 0.252 e. The molecule has 3 rings (SSSR count). The van der Waals surface area contributed by atoms with E-state index >= 15 is 0 Å². The number of nitrogens with zero attached hydrogens (tertiary/aromatic N) is 1. The lowest BCUT2D eigenvalue weighted by Gasteiger charge is -2.45. The Hall–Kier alpha value is -1.10. The third kappa shape index (κ3) is 8.07. The molecule has 2 aliphatic rings. The molecule has 0 aromatic heterocycles. The SMILES string of the molecule is CN(C)CCCNCCCc1ccc(Cl)c(C(=O)NCC23CCCC(CCC2)C3)c1.[CH2]. The average molecular weight is 448 g/mol. The highest BCUT2D eigenvalue weighted by Crippen LogP contribution is 2.48. The van der Waals surface area contributed by atoms with Crippen molar-refractivity contribution in [2.45, 2.75) is 64.2 Å². The van der Waals surface area contributed by atoms with Crippen LogP contribution in [0.2, 0.25) is 5.02 Å². The lowest BCUT2D eigenvalue weighted by atomic mass is 9.62. The van der Waals surface area contributed by atoms with E-state index in [1.54, 1.807) is 0 Å². The standard InChI is InChI=1S/C25H40ClN3O.CH2/c1-29(2)16-6-15-27-14-5-9-20-10-11-23(26)22(17-20)24(30)28-19-25-12-3-7-21(18-25)8-4-13-25;/h10-11,17,21,27H,3-9,12-16,18-19H2,1-2H3,(H,28,30);1H2. The molecule has 0 atom stereocenters. The molecule has 4 nitrogen and oxygen atoms in total. The zero-order chi connectivity index (χ0) is 21.4. The Morgan fingerprint density at radius 3 is 2.58 bits per heavy atom. The number of hydrogen-bond donors (Lipinski definition) is 2. The zero-order valence-corrected chi connectivity index (χ0v) is 20.4. The van der Waals surface area contributed by atoms with Gasteiger partial charge in [-0.25, -0.2) is 0 Å². The van der Waals surface area contributed by atoms with Crippen LogP contribution in [-0.4, -0.2) is 51.1 Å². The monoisotopic (exact) mass is 447 g/mol. The van der Waals surface area contributed by atoms with Gasteiger partial charge in [0.25, 0.3) is 5.91 Å². The second-order valence-electron chi connectivity index (χ2n) is 9.86. The Balaban J connectivity index is 0.00000341. The van der Waals surface area contributed by atoms with Crippen molar-refractivity contribution in [2.75, 3.05) is 40.3 Å². The molecule has 0 heterocycles. The summed E-state index contributed by atoms with van der Waals surface area (Å²) in [5.41, 5.74) is 2.15. The second-order valence-corrected chi connectivity index (χ2v) is 10.3. The van der Waals surface area contributed by atoms with E-state index in [1.165, 1.54) is 56.9 Å². The molecule has 2 radical (unpaired) electrons. The van der Waals surface area contributed by atoms with E-state index in [0.29, 0.717) is 16.0 Å². The van der Waals surface area contributed by atoms with Gasteiger partial charge in [-0.2, -0.15) is 0 Å². The summed E-state index contributed by atoms with van der Waals surface area (Å²) in [6, 6.07) is 5.93. The van der Waals surface area contributed by atoms with Gasteiger partial charge in [-0.05, 0) is 101 Å². The van der Waals surface area contributed by atoms with Crippen LogP contribution in [0.3, 0.4) is 0 Å². The van der Waals surface area contributed by atoms with Crippen LogP contribution in [0.4, 0.5) is 0 Å². The van der Waals surface area contributed by atoms with Crippen molar-refractivity contribution in [3.63, 3.8) is 0 Å². The molecule has 0 unspecified atom stereocenters. The molecule has 0 saturated heterocycles. The molecular weight excluding hydrogens is 406 g/mol. The second kappa shape index (κ2) is 12.8. The number of aryl methyl sites for hydroxylation is 1. The van der Waals surface area contributed by atoms with Crippen molar-refractivity contribution in [3.05, 3.63) is 41.8 Å². The Bertz CT molecular complexity index is 681. The molecule has 0 aliphatic heterocycles. The highest BCUT2D eigenvalue weighted by molar-refractivity contribution is 6.33. The van der Waals surface area contributed by atoms with Gasteiger partial charge in [0, 0.05) is 6.54 Å². The van der Waals surface area contributed by atoms with Gasteiger partial charge in [-0.15, -0.1) is 0 Å². The first kappa shape index (κ1) is 26.2. The van der Waals surface area contributed by atoms with Crippen LogP contribution in [0.25, 0.3) is 0 Å². The van der Waals surface area contributed by atoms with Crippen molar-refractivity contribution in [3.8, 4) is 0 Å². The van der Waals surface area contributed by atoms with Crippen LogP contribution in [0.5, 0.6) is 0 Å². The molecule has 1 amide bonds. The summed E-state index contributed by atoms with van der Waals surface area (Å²) in [4.78, 5) is 15.1. The number of carbonyl (C=O) groups is 1. The largest absolute Gasteiger partial charge is 0.351 e. The topological polar surface area (TPSA) is 44.4 Å². The van der Waals surface area contributed by atoms with Gasteiger partial charge in [0.2, 0.25) is 0 Å². The third-order valence-electron chi connectivity index (χ3n) is 7.04. The third-order valence-corrected chi connectivity index (χ3v) is 7.37. The summed E-state index contributed by atoms with van der Waals surface area (Å²) in [6.45, 7) is 3.97. The zero-order valence-electron chi connectivity index (χ0n) is 19.6. The number of rotatable bonds is 11. The van der Waals surface area contributed by atoms with E-state index in [-0.39, 0.29) is 13.3 Å². The average Bonchev–Trinajstić information content (AvgIpc) is 2.72. The van der Waals surface area contributed by atoms with Gasteiger partial charge < -0.3 is 15.5 Å². The molecule has 2 fully saturated rings. The molecule has 1 aromatic carbocycles. The predicted octanol–water partition coefficient (Wildman–Crippen LogP) is 5.23. The number of carbonyl (C=O) groups excluding carboxylic acids is 1. The van der Waals surface area contributed by atoms with Crippen molar-refractivity contribution in [1.29, 1.82) is 0 Å². The molecule has 1 aromatic rings. The van der Waals surface area contributed by atoms with Gasteiger partial charge in [-0.1, -0.05) is 50.8 Å². The number of benzene rings is 1. The molecule has 2 aliphatic carbocycles. The molecule has 5 heteroatoms. The smallest absolute Gasteiger partial charge is 0.252 e. The molecule has 174 valence electrons. The van der Waals surface area contributed by atoms with Crippen LogP contribution in [-0.2, 0) is 6.42 Å². The van der Waals surface area contributed by atoms with Crippen molar-refractivity contribution in [1.82, 2.24) is 15.5 Å². The first-order valence-electron chi connectivity index (χ1n) is 11.9. The maximum absolute atomic E-state index is 12.9. The highest BCUT2D eigenvalue weighted by atomic mass is 35.5. The van der Waals surface area contributed by atoms with Crippen molar-refractivity contribution in [2.24, 2.45) is 11.3 Å². The lowest BCUT2D eigenvalue weighted by Crippen LogP contribution is -2.43. The first-order chi connectivity index (χ1) is 14.5. The molecular formula is C26H42ClN3O. The minimum Gasteiger partial charge on any atom is -0.351 e. The van der Waals surface area contributed by atoms with E-state index in [4.69, 9.17) is 11.6 Å². The summed E-state index contributed by atoms with van der Waals surface area (Å²) in [5, 5.41) is 7.30. The molecule has 2 bridgehead atoms. The normalized spacial score (nSPS) is 22.8. The van der Waals surface area contributed by atoms with Crippen LogP contribution in [0.15, 0.2) is 18.2 Å². The molecule has 0 spiro atoms.